The molecule has 0 fully saturated rings. The summed E-state index contributed by atoms with van der Waals surface area (Å²) >= 11 is 0. The Morgan fingerprint density at radius 2 is 1.45 bits per heavy atom. The van der Waals surface area contributed by atoms with Crippen LogP contribution in [0.15, 0.2) is 48.6 Å². The van der Waals surface area contributed by atoms with Crippen LogP contribution in [0.3, 0.4) is 0 Å². The number of aliphatic hydroxyl groups excluding tert-OH is 2. The number of alkyl halides is 3. The van der Waals surface area contributed by atoms with Crippen molar-refractivity contribution in [2.24, 2.45) is 0 Å². The van der Waals surface area contributed by atoms with Crippen LogP contribution in [-0.4, -0.2) is 50.4 Å². The molecule has 178 valence electrons. The lowest BCUT2D eigenvalue weighted by atomic mass is 9.98. The molecule has 5 nitrogen and oxygen atoms in total. The van der Waals surface area contributed by atoms with Crippen molar-refractivity contribution in [1.82, 2.24) is 0 Å². The summed E-state index contributed by atoms with van der Waals surface area (Å²) in [5.74, 6) is -0.893. The van der Waals surface area contributed by atoms with Gasteiger partial charge in [0.25, 0.3) is 0 Å². The zero-order valence-electron chi connectivity index (χ0n) is 18.0. The number of rotatable bonds is 16. The second-order valence-electron chi connectivity index (χ2n) is 7.74. The molecule has 8 heteroatoms. The smallest absolute Gasteiger partial charge is 0.389 e. The molecule has 0 rings (SSSR count). The molecule has 0 aromatic rings. The summed E-state index contributed by atoms with van der Waals surface area (Å²) in [6.07, 6.45) is 8.78. The number of halogens is 3. The number of allylic oxidation sites excluding steroid dienone is 6. The fourth-order valence-corrected chi connectivity index (χ4v) is 2.71. The minimum Gasteiger partial charge on any atom is -0.481 e. The van der Waals surface area contributed by atoms with Crippen LogP contribution in [-0.2, 0) is 4.79 Å². The van der Waals surface area contributed by atoms with Gasteiger partial charge in [0.15, 0.2) is 0 Å². The highest BCUT2D eigenvalue weighted by Gasteiger charge is 2.25. The van der Waals surface area contributed by atoms with Gasteiger partial charge in [0.2, 0.25) is 0 Å². The van der Waals surface area contributed by atoms with Crippen molar-refractivity contribution in [1.29, 1.82) is 0 Å². The standard InChI is InChI=1S/C23H35F3O5/c1-22(31,17-12-15-21(29)30)16-10-6-3-2-4-8-13-19(27)20(28)14-9-5-7-11-18-23(24,25)26/h2-4,6,8,10,13,16,19-20,27-28,31H,5,7,9,11-12,14-15,17-18H2,1H3,(H,29,30)/b4-2+,6-3-,13-8+,16-10+/t19-,20+,22+/m0/s1. The van der Waals surface area contributed by atoms with E-state index in [1.54, 1.807) is 49.5 Å². The van der Waals surface area contributed by atoms with Crippen molar-refractivity contribution in [2.45, 2.75) is 88.7 Å². The van der Waals surface area contributed by atoms with E-state index >= 15 is 0 Å². The molecule has 0 saturated carbocycles. The number of hydrogen-bond donors (Lipinski definition) is 4. The van der Waals surface area contributed by atoms with Gasteiger partial charge in [-0.2, -0.15) is 13.2 Å². The molecule has 4 N–H and O–H groups in total. The molecule has 0 amide bonds. The maximum absolute atomic E-state index is 12.0. The molecule has 0 aliphatic carbocycles. The van der Waals surface area contributed by atoms with E-state index in [1.165, 1.54) is 6.08 Å². The molecule has 0 radical (unpaired) electrons. The average Bonchev–Trinajstić information content (AvgIpc) is 2.64. The number of carboxylic acid groups (broad SMARTS) is 1. The average molecular weight is 449 g/mol. The van der Waals surface area contributed by atoms with Gasteiger partial charge in [0.05, 0.1) is 17.8 Å². The number of carboxylic acids is 1. The lowest BCUT2D eigenvalue weighted by molar-refractivity contribution is -0.137. The summed E-state index contributed by atoms with van der Waals surface area (Å²) in [7, 11) is 0. The molecule has 0 aliphatic heterocycles. The van der Waals surface area contributed by atoms with E-state index in [9.17, 15) is 33.3 Å². The molecule has 0 aromatic carbocycles. The summed E-state index contributed by atoms with van der Waals surface area (Å²) < 4.78 is 36.1. The largest absolute Gasteiger partial charge is 0.481 e. The first-order chi connectivity index (χ1) is 14.4. The number of hydrogen-bond acceptors (Lipinski definition) is 4. The van der Waals surface area contributed by atoms with E-state index in [0.717, 1.165) is 0 Å². The predicted molar refractivity (Wildman–Crippen MR) is 114 cm³/mol. The molecule has 0 bridgehead atoms. The fourth-order valence-electron chi connectivity index (χ4n) is 2.71. The van der Waals surface area contributed by atoms with E-state index in [4.69, 9.17) is 5.11 Å². The summed E-state index contributed by atoms with van der Waals surface area (Å²) in [4.78, 5) is 10.5. The van der Waals surface area contributed by atoms with E-state index in [2.05, 4.69) is 0 Å². The Kier molecular flexibility index (Phi) is 14.9. The highest BCUT2D eigenvalue weighted by molar-refractivity contribution is 5.66. The van der Waals surface area contributed by atoms with Crippen LogP contribution in [0.2, 0.25) is 0 Å². The molecule has 0 aliphatic rings. The summed E-state index contributed by atoms with van der Waals surface area (Å²) in [5, 5.41) is 38.4. The fraction of sp³-hybridized carbons (Fsp3) is 0.609. The van der Waals surface area contributed by atoms with E-state index < -0.39 is 36.4 Å². The third-order valence-corrected chi connectivity index (χ3v) is 4.50. The molecule has 0 saturated heterocycles. The Hall–Kier alpha value is -1.90. The first kappa shape index (κ1) is 29.1. The second-order valence-corrected chi connectivity index (χ2v) is 7.74. The molecule has 3 atom stereocenters. The van der Waals surface area contributed by atoms with Crippen LogP contribution in [0, 0.1) is 0 Å². The van der Waals surface area contributed by atoms with Crippen molar-refractivity contribution in [2.75, 3.05) is 0 Å². The Labute approximate surface area is 182 Å². The summed E-state index contributed by atoms with van der Waals surface area (Å²) in [6, 6.07) is 0. The van der Waals surface area contributed by atoms with E-state index in [-0.39, 0.29) is 12.8 Å². The third-order valence-electron chi connectivity index (χ3n) is 4.50. The van der Waals surface area contributed by atoms with Gasteiger partial charge in [-0.3, -0.25) is 4.79 Å². The van der Waals surface area contributed by atoms with Gasteiger partial charge in [-0.05, 0) is 32.6 Å². The van der Waals surface area contributed by atoms with Gasteiger partial charge in [-0.1, -0.05) is 67.9 Å². The van der Waals surface area contributed by atoms with Crippen LogP contribution in [0.4, 0.5) is 13.2 Å². The van der Waals surface area contributed by atoms with Crippen molar-refractivity contribution >= 4 is 5.97 Å². The second kappa shape index (κ2) is 15.8. The predicted octanol–water partition coefficient (Wildman–Crippen LogP) is 4.84. The van der Waals surface area contributed by atoms with Gasteiger partial charge in [0, 0.05) is 12.8 Å². The Bertz CT molecular complexity index is 607. The molecule has 0 unspecified atom stereocenters. The summed E-state index contributed by atoms with van der Waals surface area (Å²) in [6.45, 7) is 1.60. The maximum Gasteiger partial charge on any atom is 0.389 e. The SMILES string of the molecule is C[C@@](O)(/C=C/C=C\C=C\C=C\[C@H](O)[C@H](O)CCCCCCC(F)(F)F)CCCC(=O)O. The zero-order valence-corrected chi connectivity index (χ0v) is 18.0. The monoisotopic (exact) mass is 448 g/mol. The van der Waals surface area contributed by atoms with Gasteiger partial charge < -0.3 is 20.4 Å². The minimum atomic E-state index is -4.12. The normalized spacial score (nSPS) is 17.1. The minimum absolute atomic E-state index is 0.0113. The molecular weight excluding hydrogens is 413 g/mol. The molecular formula is C23H35F3O5. The number of carbonyl (C=O) groups is 1. The molecule has 0 aromatic heterocycles. The zero-order chi connectivity index (χ0) is 23.8. The van der Waals surface area contributed by atoms with E-state index in [1.807, 2.05) is 0 Å². The molecule has 31 heavy (non-hydrogen) atoms. The molecule has 0 spiro atoms. The Balaban J connectivity index is 4.06. The van der Waals surface area contributed by atoms with Gasteiger partial charge in [-0.15, -0.1) is 0 Å². The Morgan fingerprint density at radius 1 is 0.871 bits per heavy atom. The van der Waals surface area contributed by atoms with Crippen LogP contribution in [0.25, 0.3) is 0 Å². The highest BCUT2D eigenvalue weighted by atomic mass is 19.4. The maximum atomic E-state index is 12.0. The molecule has 0 heterocycles. The first-order valence-corrected chi connectivity index (χ1v) is 10.5. The first-order valence-electron chi connectivity index (χ1n) is 10.5. The van der Waals surface area contributed by atoms with E-state index in [0.29, 0.717) is 38.5 Å². The van der Waals surface area contributed by atoms with Gasteiger partial charge in [-0.25, -0.2) is 0 Å². The van der Waals surface area contributed by atoms with Gasteiger partial charge in [0.1, 0.15) is 0 Å². The third kappa shape index (κ3) is 19.8. The van der Waals surface area contributed by atoms with Crippen LogP contribution in [0.1, 0.15) is 64.7 Å². The van der Waals surface area contributed by atoms with Crippen LogP contribution >= 0.6 is 0 Å². The van der Waals surface area contributed by atoms with Crippen LogP contribution in [0.5, 0.6) is 0 Å². The lowest BCUT2D eigenvalue weighted by Crippen LogP contribution is -2.23. The summed E-state index contributed by atoms with van der Waals surface area (Å²) in [5.41, 5.74) is -1.08. The van der Waals surface area contributed by atoms with Gasteiger partial charge >= 0.3 is 12.1 Å². The van der Waals surface area contributed by atoms with Crippen molar-refractivity contribution in [3.05, 3.63) is 48.6 Å². The quantitative estimate of drug-likeness (QED) is 0.200. The Morgan fingerprint density at radius 3 is 2.06 bits per heavy atom. The van der Waals surface area contributed by atoms with Crippen LogP contribution < -0.4 is 0 Å². The number of unbranched alkanes of at least 4 members (excludes halogenated alkanes) is 3. The highest BCUT2D eigenvalue weighted by Crippen LogP contribution is 2.23. The van der Waals surface area contributed by atoms with Crippen molar-refractivity contribution in [3.8, 4) is 0 Å². The van der Waals surface area contributed by atoms with Crippen molar-refractivity contribution < 1.29 is 38.4 Å². The lowest BCUT2D eigenvalue weighted by Gasteiger charge is -2.17. The number of aliphatic hydroxyl groups is 3. The topological polar surface area (TPSA) is 98.0 Å². The van der Waals surface area contributed by atoms with Crippen molar-refractivity contribution in [3.63, 3.8) is 0 Å². The number of aliphatic carboxylic acids is 1.